The zero-order valence-corrected chi connectivity index (χ0v) is 18.3. The van der Waals surface area contributed by atoms with Crippen LogP contribution in [-0.2, 0) is 14.0 Å². The third-order valence-electron chi connectivity index (χ3n) is 0.191. The van der Waals surface area contributed by atoms with Crippen molar-refractivity contribution in [1.29, 1.82) is 0 Å². The van der Waals surface area contributed by atoms with Gasteiger partial charge in [0, 0.05) is 0 Å². The molecule has 0 aromatic heterocycles. The fourth-order valence-corrected chi connectivity index (χ4v) is 0. The second-order valence-corrected chi connectivity index (χ2v) is 2.81. The molecule has 0 aliphatic rings. The van der Waals surface area contributed by atoms with Crippen LogP contribution in [0, 0.1) is 0 Å². The van der Waals surface area contributed by atoms with Gasteiger partial charge in [-0.3, -0.25) is 0 Å². The molecule has 0 aromatic rings. The average molecular weight is 426 g/mol. The monoisotopic (exact) mass is 426 g/mol. The fourth-order valence-electron chi connectivity index (χ4n) is 0. The summed E-state index contributed by atoms with van der Waals surface area (Å²) in [6.45, 7) is 0. The zero-order chi connectivity index (χ0) is 12.9. The molecule has 0 radical (unpaired) electrons. The predicted molar refractivity (Wildman–Crippen MR) is 58.1 cm³/mol. The standard InChI is InChI=1S/2Al.2Ca.3H2O4P.4H/c;;;;3*1-4-5(2)3;;;;/h;;;;3*1-2H;;;;/q2*+3;2*+2;7*-1/p-3. The van der Waals surface area contributed by atoms with Gasteiger partial charge in [0.15, 0.2) is 0 Å². The van der Waals surface area contributed by atoms with Gasteiger partial charge in [0.25, 0.3) is 0 Å². The maximum atomic E-state index is 8.98. The van der Waals surface area contributed by atoms with Gasteiger partial charge in [-0.05, 0) is 0 Å². The third-order valence-corrected chi connectivity index (χ3v) is 0.574. The van der Waals surface area contributed by atoms with Crippen molar-refractivity contribution in [3.8, 4) is 0 Å². The van der Waals surface area contributed by atoms with Crippen LogP contribution in [0.3, 0.4) is 0 Å². The maximum absolute atomic E-state index is 8.98. The summed E-state index contributed by atoms with van der Waals surface area (Å²) in [5.41, 5.74) is 0. The average Bonchev–Trinajstić information content (AvgIpc) is 2.19. The van der Waals surface area contributed by atoms with E-state index in [1.165, 1.54) is 0 Å². The number of hydrogen-bond acceptors (Lipinski definition) is 12. The molecule has 12 nitrogen and oxygen atoms in total. The van der Waals surface area contributed by atoms with Crippen LogP contribution >= 0.6 is 25.8 Å². The van der Waals surface area contributed by atoms with Crippen molar-refractivity contribution in [3.63, 3.8) is 0 Å². The molecule has 104 valence electrons. The molecule has 0 saturated heterocycles. The minimum absolute atomic E-state index is 0. The summed E-state index contributed by atoms with van der Waals surface area (Å²) in [6.07, 6.45) is 0. The summed E-state index contributed by atoms with van der Waals surface area (Å²) < 4.78 is 7.69. The summed E-state index contributed by atoms with van der Waals surface area (Å²) in [4.78, 5) is 49.0. The van der Waals surface area contributed by atoms with Crippen LogP contribution in [0.4, 0.5) is 0 Å². The van der Waals surface area contributed by atoms with Crippen LogP contribution in [0.2, 0.25) is 0 Å². The fraction of sp³-hybridized carbons (Fsp3) is 0. The smallest absolute Gasteiger partial charge is 1.00 e. The molecule has 0 aromatic carbocycles. The first-order chi connectivity index (χ1) is 6.81. The topological polar surface area (TPSA) is 227 Å². The summed E-state index contributed by atoms with van der Waals surface area (Å²) in [5.74, 6) is 0. The zero-order valence-electron chi connectivity index (χ0n) is 12.9. The van der Waals surface area contributed by atoms with Crippen molar-refractivity contribution in [3.05, 3.63) is 0 Å². The van der Waals surface area contributed by atoms with Crippen LogP contribution in [-0.4, -0.2) is 125 Å². The minimum Gasteiger partial charge on any atom is -1.00 e. The first-order valence-electron chi connectivity index (χ1n) is 2.20. The number of rotatable bonds is 3. The first kappa shape index (κ1) is 43.7. The van der Waals surface area contributed by atoms with Crippen LogP contribution in [0.15, 0.2) is 0 Å². The Morgan fingerprint density at radius 3 is 0.684 bits per heavy atom. The predicted octanol–water partition coefficient (Wildman–Crippen LogP) is -7.50. The number of hydrogen-bond donors (Lipinski definition) is 3. The van der Waals surface area contributed by atoms with Crippen molar-refractivity contribution in [1.82, 2.24) is 0 Å². The Hall–Kier alpha value is 4.39. The van der Waals surface area contributed by atoms with E-state index < -0.39 is 25.8 Å². The molecular formula is H7Al2Ca2O12P3. The van der Waals surface area contributed by atoms with Gasteiger partial charge in [-0.1, -0.05) is 0 Å². The van der Waals surface area contributed by atoms with Crippen molar-refractivity contribution in [2.45, 2.75) is 0 Å². The Bertz CT molecular complexity index is 105. The van der Waals surface area contributed by atoms with Crippen LogP contribution in [0.25, 0.3) is 0 Å². The third kappa shape index (κ3) is 86.2. The Morgan fingerprint density at radius 1 is 0.632 bits per heavy atom. The van der Waals surface area contributed by atoms with Crippen molar-refractivity contribution < 1.29 is 64.9 Å². The van der Waals surface area contributed by atoms with E-state index in [1.54, 1.807) is 0 Å². The summed E-state index contributed by atoms with van der Waals surface area (Å²) in [6, 6.07) is 0. The van der Waals surface area contributed by atoms with E-state index in [1.807, 2.05) is 0 Å². The van der Waals surface area contributed by atoms with E-state index in [0.29, 0.717) is 0 Å². The van der Waals surface area contributed by atoms with Gasteiger partial charge in [0.1, 0.15) is 0 Å². The Balaban J connectivity index is -0.00000000889. The molecule has 0 fully saturated rings. The molecule has 0 rings (SSSR count). The molecule has 0 bridgehead atoms. The van der Waals surface area contributed by atoms with Gasteiger partial charge in [-0.15, -0.1) is 0 Å². The molecule has 0 spiro atoms. The van der Waals surface area contributed by atoms with E-state index in [9.17, 15) is 0 Å². The van der Waals surface area contributed by atoms with E-state index in [0.717, 1.165) is 0 Å². The van der Waals surface area contributed by atoms with Crippen LogP contribution in [0.1, 0.15) is 5.71 Å². The first-order valence-corrected chi connectivity index (χ1v) is 5.59. The maximum Gasteiger partial charge on any atom is 3.00 e. The van der Waals surface area contributed by atoms with Crippen molar-refractivity contribution in [2.24, 2.45) is 0 Å². The van der Waals surface area contributed by atoms with Gasteiger partial charge in [0.05, 0.1) is 25.8 Å². The second-order valence-electron chi connectivity index (χ2n) is 0.937. The van der Waals surface area contributed by atoms with Crippen LogP contribution in [0.5, 0.6) is 0 Å². The van der Waals surface area contributed by atoms with E-state index in [4.69, 9.17) is 45.1 Å². The van der Waals surface area contributed by atoms with E-state index >= 15 is 0 Å². The Morgan fingerprint density at radius 2 is 0.684 bits per heavy atom. The molecule has 0 heterocycles. The Kier molecular flexibility index (Phi) is 87.6. The summed E-state index contributed by atoms with van der Waals surface area (Å²) in [5, 5.41) is 25.8. The molecule has 3 N–H and O–H groups in total. The van der Waals surface area contributed by atoms with Gasteiger partial charge in [0.2, 0.25) is 0 Å². The largest absolute Gasteiger partial charge is 3.00 e. The summed E-state index contributed by atoms with van der Waals surface area (Å²) >= 11 is 0. The summed E-state index contributed by atoms with van der Waals surface area (Å²) in [7, 11) is -8.71. The molecule has 3 atom stereocenters. The minimum atomic E-state index is -2.90. The van der Waals surface area contributed by atoms with Gasteiger partial charge < -0.3 is 64.9 Å². The SMILES string of the molecule is [Al+3].[Al+3].[Ca+2].[Ca+2].[H-].[H-].[H-].[H-].[O-]OP([O-])O.[O-]OP([O-])O.[O-]OP([O-])O. The molecule has 0 aliphatic carbocycles. The molecule has 0 saturated carbocycles. The Labute approximate surface area is 198 Å². The molecule has 19 heavy (non-hydrogen) atoms. The normalized spacial score (nSPS) is 11.8. The van der Waals surface area contributed by atoms with Crippen molar-refractivity contribution in [2.75, 3.05) is 0 Å². The molecule has 19 heteroatoms. The van der Waals surface area contributed by atoms with Gasteiger partial charge >= 0.3 is 110 Å². The van der Waals surface area contributed by atoms with Crippen molar-refractivity contribution >= 4 is 136 Å². The van der Waals surface area contributed by atoms with Gasteiger partial charge in [-0.25, -0.2) is 0 Å². The second kappa shape index (κ2) is 38.1. The van der Waals surface area contributed by atoms with E-state index in [-0.39, 0.29) is 116 Å². The quantitative estimate of drug-likeness (QED) is 0.165. The van der Waals surface area contributed by atoms with Gasteiger partial charge in [-0.2, -0.15) is 0 Å². The van der Waals surface area contributed by atoms with Crippen LogP contribution < -0.4 is 30.5 Å². The molecule has 0 amide bonds. The molecular weight excluding hydrogens is 419 g/mol. The molecule has 3 unspecified atom stereocenters. The van der Waals surface area contributed by atoms with E-state index in [2.05, 4.69) is 14.0 Å². The molecule has 0 aliphatic heterocycles.